The van der Waals surface area contributed by atoms with Gasteiger partial charge in [0.15, 0.2) is 0 Å². The van der Waals surface area contributed by atoms with Crippen LogP contribution in [0.5, 0.6) is 0 Å². The molecule has 0 rings (SSSR count). The third-order valence-electron chi connectivity index (χ3n) is 4.01. The fourth-order valence-corrected chi connectivity index (χ4v) is 2.88. The van der Waals surface area contributed by atoms with Crippen LogP contribution in [0.3, 0.4) is 0 Å². The molecular formula is C18H38S. The monoisotopic (exact) mass is 286 g/mol. The SMILES string of the molecule is CCCCCCCCCCCCCCCCCCS. The van der Waals surface area contributed by atoms with E-state index in [1.165, 1.54) is 103 Å². The van der Waals surface area contributed by atoms with Crippen molar-refractivity contribution in [1.82, 2.24) is 0 Å². The van der Waals surface area contributed by atoms with Gasteiger partial charge in [0.1, 0.15) is 0 Å². The van der Waals surface area contributed by atoms with Gasteiger partial charge < -0.3 is 0 Å². The topological polar surface area (TPSA) is 0 Å². The van der Waals surface area contributed by atoms with E-state index in [-0.39, 0.29) is 0 Å². The summed E-state index contributed by atoms with van der Waals surface area (Å²) in [6.07, 6.45) is 23.1. The molecule has 0 spiro atoms. The Hall–Kier alpha value is 0.350. The van der Waals surface area contributed by atoms with Gasteiger partial charge in [0, 0.05) is 0 Å². The molecule has 0 aliphatic carbocycles. The molecule has 0 saturated heterocycles. The van der Waals surface area contributed by atoms with E-state index in [9.17, 15) is 0 Å². The molecule has 0 aromatic heterocycles. The lowest BCUT2D eigenvalue weighted by Crippen LogP contribution is -1.83. The minimum absolute atomic E-state index is 1.07. The molecule has 0 aliphatic heterocycles. The summed E-state index contributed by atoms with van der Waals surface area (Å²) in [5.41, 5.74) is 0. The van der Waals surface area contributed by atoms with Crippen LogP contribution in [-0.4, -0.2) is 5.75 Å². The summed E-state index contributed by atoms with van der Waals surface area (Å²) < 4.78 is 0. The molecule has 0 aromatic carbocycles. The zero-order valence-electron chi connectivity index (χ0n) is 13.5. The zero-order valence-corrected chi connectivity index (χ0v) is 14.4. The summed E-state index contributed by atoms with van der Waals surface area (Å²) in [6.45, 7) is 2.29. The van der Waals surface area contributed by atoms with Crippen LogP contribution in [0.15, 0.2) is 0 Å². The largest absolute Gasteiger partial charge is 0.179 e. The summed E-state index contributed by atoms with van der Waals surface area (Å²) in [4.78, 5) is 0. The predicted molar refractivity (Wildman–Crippen MR) is 93.4 cm³/mol. The van der Waals surface area contributed by atoms with E-state index < -0.39 is 0 Å². The van der Waals surface area contributed by atoms with E-state index in [0.717, 1.165) is 5.75 Å². The van der Waals surface area contributed by atoms with Crippen molar-refractivity contribution in [3.63, 3.8) is 0 Å². The van der Waals surface area contributed by atoms with E-state index in [2.05, 4.69) is 19.6 Å². The van der Waals surface area contributed by atoms with Crippen LogP contribution in [-0.2, 0) is 0 Å². The number of thiol groups is 1. The lowest BCUT2D eigenvalue weighted by Gasteiger charge is -2.03. The molecule has 1 heteroatoms. The van der Waals surface area contributed by atoms with Crippen molar-refractivity contribution in [1.29, 1.82) is 0 Å². The molecule has 19 heavy (non-hydrogen) atoms. The van der Waals surface area contributed by atoms with Crippen molar-refractivity contribution >= 4 is 12.6 Å². The average molecular weight is 287 g/mol. The molecule has 116 valence electrons. The van der Waals surface area contributed by atoms with Crippen LogP contribution in [0.2, 0.25) is 0 Å². The van der Waals surface area contributed by atoms with Crippen molar-refractivity contribution in [3.8, 4) is 0 Å². The molecule has 0 amide bonds. The van der Waals surface area contributed by atoms with Gasteiger partial charge in [0.05, 0.1) is 0 Å². The Kier molecular flexibility index (Phi) is 18.7. The first-order chi connectivity index (χ1) is 9.41. The number of hydrogen-bond acceptors (Lipinski definition) is 1. The Morgan fingerprint density at radius 1 is 0.421 bits per heavy atom. The Morgan fingerprint density at radius 3 is 0.947 bits per heavy atom. The fourth-order valence-electron chi connectivity index (χ4n) is 2.66. The Labute approximate surface area is 128 Å². The standard InChI is InChI=1S/C18H38S/c1-2-3-4-5-6-7-8-9-10-11-12-13-14-15-16-17-18-19/h19H,2-18H2,1H3. The normalized spacial score (nSPS) is 11.1. The van der Waals surface area contributed by atoms with Crippen LogP contribution < -0.4 is 0 Å². The average Bonchev–Trinajstić information content (AvgIpc) is 2.43. The minimum atomic E-state index is 1.07. The van der Waals surface area contributed by atoms with Gasteiger partial charge in [0.2, 0.25) is 0 Å². The molecule has 0 aromatic rings. The van der Waals surface area contributed by atoms with Gasteiger partial charge >= 0.3 is 0 Å². The van der Waals surface area contributed by atoms with Gasteiger partial charge in [-0.2, -0.15) is 12.6 Å². The third kappa shape index (κ3) is 18.4. The van der Waals surface area contributed by atoms with Crippen molar-refractivity contribution in [2.24, 2.45) is 0 Å². The zero-order chi connectivity index (χ0) is 14.0. The molecule has 0 atom stereocenters. The number of hydrogen-bond donors (Lipinski definition) is 1. The molecule has 0 unspecified atom stereocenters. The Balaban J connectivity index is 2.88. The summed E-state index contributed by atoms with van der Waals surface area (Å²) in [7, 11) is 0. The van der Waals surface area contributed by atoms with Crippen LogP contribution in [0.1, 0.15) is 110 Å². The highest BCUT2D eigenvalue weighted by Gasteiger charge is 1.94. The fraction of sp³-hybridized carbons (Fsp3) is 1.00. The van der Waals surface area contributed by atoms with Crippen LogP contribution in [0, 0.1) is 0 Å². The second-order valence-corrected chi connectivity index (χ2v) is 6.47. The van der Waals surface area contributed by atoms with Gasteiger partial charge in [-0.25, -0.2) is 0 Å². The maximum absolute atomic E-state index is 4.24. The first-order valence-electron chi connectivity index (χ1n) is 9.02. The molecule has 0 fully saturated rings. The maximum Gasteiger partial charge on any atom is -0.00979 e. The van der Waals surface area contributed by atoms with Gasteiger partial charge in [0.25, 0.3) is 0 Å². The first kappa shape index (κ1) is 19.4. The molecule has 0 aliphatic rings. The van der Waals surface area contributed by atoms with Gasteiger partial charge in [-0.05, 0) is 12.2 Å². The minimum Gasteiger partial charge on any atom is -0.179 e. The third-order valence-corrected chi connectivity index (χ3v) is 4.33. The van der Waals surface area contributed by atoms with Crippen LogP contribution in [0.25, 0.3) is 0 Å². The van der Waals surface area contributed by atoms with Crippen molar-refractivity contribution in [3.05, 3.63) is 0 Å². The van der Waals surface area contributed by atoms with E-state index in [0.29, 0.717) is 0 Å². The van der Waals surface area contributed by atoms with E-state index in [1.54, 1.807) is 0 Å². The molecular weight excluding hydrogens is 248 g/mol. The maximum atomic E-state index is 4.24. The summed E-state index contributed by atoms with van der Waals surface area (Å²) in [6, 6.07) is 0. The molecule has 0 saturated carbocycles. The smallest absolute Gasteiger partial charge is 0.00979 e. The van der Waals surface area contributed by atoms with Crippen molar-refractivity contribution < 1.29 is 0 Å². The van der Waals surface area contributed by atoms with Crippen molar-refractivity contribution in [2.75, 3.05) is 5.75 Å². The highest BCUT2D eigenvalue weighted by molar-refractivity contribution is 7.80. The van der Waals surface area contributed by atoms with Crippen molar-refractivity contribution in [2.45, 2.75) is 110 Å². The van der Waals surface area contributed by atoms with Gasteiger partial charge in [-0.15, -0.1) is 0 Å². The lowest BCUT2D eigenvalue weighted by molar-refractivity contribution is 0.532. The highest BCUT2D eigenvalue weighted by Crippen LogP contribution is 2.13. The Morgan fingerprint density at radius 2 is 0.684 bits per heavy atom. The van der Waals surface area contributed by atoms with E-state index in [4.69, 9.17) is 0 Å². The lowest BCUT2D eigenvalue weighted by atomic mass is 10.0. The molecule has 0 radical (unpaired) electrons. The number of rotatable bonds is 16. The molecule has 0 nitrogen and oxygen atoms in total. The van der Waals surface area contributed by atoms with Crippen LogP contribution >= 0.6 is 12.6 Å². The van der Waals surface area contributed by atoms with Crippen LogP contribution in [0.4, 0.5) is 0 Å². The summed E-state index contributed by atoms with van der Waals surface area (Å²) >= 11 is 4.24. The highest BCUT2D eigenvalue weighted by atomic mass is 32.1. The first-order valence-corrected chi connectivity index (χ1v) is 9.66. The predicted octanol–water partition coefficient (Wildman–Crippen LogP) is 7.18. The number of unbranched alkanes of at least 4 members (excludes halogenated alkanes) is 15. The van der Waals surface area contributed by atoms with E-state index >= 15 is 0 Å². The Bertz CT molecular complexity index is 129. The second-order valence-electron chi connectivity index (χ2n) is 6.03. The van der Waals surface area contributed by atoms with E-state index in [1.807, 2.05) is 0 Å². The van der Waals surface area contributed by atoms with Gasteiger partial charge in [-0.1, -0.05) is 103 Å². The molecule has 0 heterocycles. The van der Waals surface area contributed by atoms with Gasteiger partial charge in [-0.3, -0.25) is 0 Å². The summed E-state index contributed by atoms with van der Waals surface area (Å²) in [5.74, 6) is 1.07. The molecule has 0 N–H and O–H groups in total. The summed E-state index contributed by atoms with van der Waals surface area (Å²) in [5, 5.41) is 0. The quantitative estimate of drug-likeness (QED) is 0.225. The molecule has 0 bridgehead atoms. The second kappa shape index (κ2) is 18.4.